The van der Waals surface area contributed by atoms with Crippen LogP contribution in [0.2, 0.25) is 0 Å². The van der Waals surface area contributed by atoms with E-state index in [9.17, 15) is 13.5 Å². The lowest BCUT2D eigenvalue weighted by Gasteiger charge is -2.54. The third-order valence-electron chi connectivity index (χ3n) is 3.89. The van der Waals surface area contributed by atoms with Gasteiger partial charge >= 0.3 is 0 Å². The molecule has 0 amide bonds. The largest absolute Gasteiger partial charge is 0.393 e. The minimum atomic E-state index is -3.32. The van der Waals surface area contributed by atoms with Crippen molar-refractivity contribution in [3.8, 4) is 0 Å². The van der Waals surface area contributed by atoms with Gasteiger partial charge in [-0.2, -0.15) is 8.42 Å². The second kappa shape index (κ2) is 4.63. The van der Waals surface area contributed by atoms with Gasteiger partial charge in [0.05, 0.1) is 19.0 Å². The molecule has 0 aliphatic heterocycles. The fourth-order valence-electron chi connectivity index (χ4n) is 2.71. The molecule has 1 aliphatic carbocycles. The second-order valence-electron chi connectivity index (χ2n) is 5.42. The van der Waals surface area contributed by atoms with Gasteiger partial charge in [-0.1, -0.05) is 13.8 Å². The fraction of sp³-hybridized carbons (Fsp3) is 1.00. The van der Waals surface area contributed by atoms with Crippen molar-refractivity contribution in [2.75, 3.05) is 12.9 Å². The molecule has 0 aromatic carbocycles. The molecule has 1 N–H and O–H groups in total. The van der Waals surface area contributed by atoms with Crippen LogP contribution in [0.4, 0.5) is 0 Å². The first kappa shape index (κ1) is 13.9. The monoisotopic (exact) mass is 250 g/mol. The van der Waals surface area contributed by atoms with Crippen LogP contribution in [0.25, 0.3) is 0 Å². The Balaban J connectivity index is 2.37. The Hall–Kier alpha value is -0.130. The van der Waals surface area contributed by atoms with Gasteiger partial charge in [0.2, 0.25) is 0 Å². The third-order valence-corrected chi connectivity index (χ3v) is 4.49. The van der Waals surface area contributed by atoms with Crippen LogP contribution in [0, 0.1) is 17.3 Å². The van der Waals surface area contributed by atoms with Crippen molar-refractivity contribution >= 4 is 10.1 Å². The quantitative estimate of drug-likeness (QED) is 0.749. The van der Waals surface area contributed by atoms with Crippen LogP contribution in [0.3, 0.4) is 0 Å². The van der Waals surface area contributed by atoms with Crippen LogP contribution in [-0.4, -0.2) is 32.5 Å². The van der Waals surface area contributed by atoms with Gasteiger partial charge in [0.1, 0.15) is 0 Å². The Kier molecular flexibility index (Phi) is 4.03. The molecular weight excluding hydrogens is 228 g/mol. The maximum absolute atomic E-state index is 10.8. The second-order valence-corrected chi connectivity index (χ2v) is 7.06. The van der Waals surface area contributed by atoms with Gasteiger partial charge in [-0.15, -0.1) is 0 Å². The van der Waals surface area contributed by atoms with Crippen LogP contribution >= 0.6 is 0 Å². The topological polar surface area (TPSA) is 63.6 Å². The van der Waals surface area contributed by atoms with E-state index in [0.717, 1.165) is 19.1 Å². The average molecular weight is 250 g/mol. The Morgan fingerprint density at radius 2 is 2.06 bits per heavy atom. The molecule has 0 bridgehead atoms. The van der Waals surface area contributed by atoms with E-state index in [-0.39, 0.29) is 18.1 Å². The van der Waals surface area contributed by atoms with Gasteiger partial charge in [0.15, 0.2) is 0 Å². The molecular formula is C11H22O4S. The molecule has 1 unspecified atom stereocenters. The lowest BCUT2D eigenvalue weighted by Crippen LogP contribution is -2.50. The van der Waals surface area contributed by atoms with Crippen molar-refractivity contribution in [2.45, 2.75) is 39.7 Å². The summed E-state index contributed by atoms with van der Waals surface area (Å²) in [7, 11) is -3.32. The summed E-state index contributed by atoms with van der Waals surface area (Å²) in [6.45, 7) is 6.31. The zero-order chi connectivity index (χ0) is 12.6. The average Bonchev–Trinajstić information content (AvgIpc) is 2.07. The van der Waals surface area contributed by atoms with Crippen LogP contribution in [-0.2, 0) is 14.3 Å². The standard InChI is InChI=1S/C11H22O4S/c1-8(12)10-7-9(11(10,2)3)5-6-15-16(4,13)14/h8-10,12H,5-7H2,1-4H3/t8?,9-,10-/m0/s1. The summed E-state index contributed by atoms with van der Waals surface area (Å²) in [5.41, 5.74) is 0.0784. The Bertz CT molecular complexity index is 332. The number of aliphatic hydroxyl groups is 1. The van der Waals surface area contributed by atoms with E-state index in [4.69, 9.17) is 4.18 Å². The minimum absolute atomic E-state index is 0.0784. The number of rotatable bonds is 5. The molecule has 0 aromatic heterocycles. The number of hydrogen-bond donors (Lipinski definition) is 1. The van der Waals surface area contributed by atoms with Crippen molar-refractivity contribution in [2.24, 2.45) is 17.3 Å². The third kappa shape index (κ3) is 3.18. The molecule has 0 saturated heterocycles. The van der Waals surface area contributed by atoms with Crippen molar-refractivity contribution in [1.82, 2.24) is 0 Å². The van der Waals surface area contributed by atoms with Crippen LogP contribution in [0.15, 0.2) is 0 Å². The molecule has 1 fully saturated rings. The van der Waals surface area contributed by atoms with Gasteiger partial charge in [0.25, 0.3) is 10.1 Å². The van der Waals surface area contributed by atoms with Gasteiger partial charge < -0.3 is 5.11 Å². The molecule has 0 radical (unpaired) electrons. The van der Waals surface area contributed by atoms with Crippen molar-refractivity contribution < 1.29 is 17.7 Å². The summed E-state index contributed by atoms with van der Waals surface area (Å²) < 4.78 is 26.3. The maximum atomic E-state index is 10.8. The van der Waals surface area contributed by atoms with Crippen LogP contribution in [0.1, 0.15) is 33.6 Å². The van der Waals surface area contributed by atoms with E-state index in [1.54, 1.807) is 0 Å². The van der Waals surface area contributed by atoms with Crippen LogP contribution < -0.4 is 0 Å². The lowest BCUT2D eigenvalue weighted by atomic mass is 9.52. The zero-order valence-electron chi connectivity index (χ0n) is 10.4. The summed E-state index contributed by atoms with van der Waals surface area (Å²) in [5, 5.41) is 9.55. The van der Waals surface area contributed by atoms with Gasteiger partial charge in [-0.3, -0.25) is 4.18 Å². The van der Waals surface area contributed by atoms with Gasteiger partial charge in [-0.25, -0.2) is 0 Å². The van der Waals surface area contributed by atoms with E-state index in [2.05, 4.69) is 13.8 Å². The molecule has 0 aromatic rings. The normalized spacial score (nSPS) is 30.8. The molecule has 96 valence electrons. The van der Waals surface area contributed by atoms with E-state index >= 15 is 0 Å². The minimum Gasteiger partial charge on any atom is -0.393 e. The first-order valence-corrected chi connectivity index (χ1v) is 7.48. The molecule has 1 rings (SSSR count). The fourth-order valence-corrected chi connectivity index (χ4v) is 3.11. The molecule has 3 atom stereocenters. The van der Waals surface area contributed by atoms with E-state index in [1.165, 1.54) is 0 Å². The summed E-state index contributed by atoms with van der Waals surface area (Å²) in [6, 6.07) is 0. The highest BCUT2D eigenvalue weighted by Gasteiger charge is 2.49. The Morgan fingerprint density at radius 1 is 1.50 bits per heavy atom. The van der Waals surface area contributed by atoms with Gasteiger partial charge in [-0.05, 0) is 37.0 Å². The summed E-state index contributed by atoms with van der Waals surface area (Å²) in [5.74, 6) is 0.754. The first-order valence-electron chi connectivity index (χ1n) is 5.67. The molecule has 0 spiro atoms. The molecule has 16 heavy (non-hydrogen) atoms. The molecule has 1 aliphatic rings. The van der Waals surface area contributed by atoms with E-state index < -0.39 is 10.1 Å². The highest BCUT2D eigenvalue weighted by atomic mass is 32.2. The van der Waals surface area contributed by atoms with E-state index in [0.29, 0.717) is 11.8 Å². The smallest absolute Gasteiger partial charge is 0.264 e. The highest BCUT2D eigenvalue weighted by Crippen LogP contribution is 2.54. The number of hydrogen-bond acceptors (Lipinski definition) is 4. The zero-order valence-corrected chi connectivity index (χ0v) is 11.3. The Morgan fingerprint density at radius 3 is 2.44 bits per heavy atom. The van der Waals surface area contributed by atoms with Crippen molar-refractivity contribution in [3.05, 3.63) is 0 Å². The summed E-state index contributed by atoms with van der Waals surface area (Å²) in [6.07, 6.45) is 2.47. The Labute approximate surface area is 98.1 Å². The molecule has 5 heteroatoms. The summed E-state index contributed by atoms with van der Waals surface area (Å²) in [4.78, 5) is 0. The molecule has 4 nitrogen and oxygen atoms in total. The maximum Gasteiger partial charge on any atom is 0.264 e. The molecule has 1 saturated carbocycles. The van der Waals surface area contributed by atoms with Gasteiger partial charge in [0, 0.05) is 0 Å². The predicted octanol–water partition coefficient (Wildman–Crippen LogP) is 1.40. The lowest BCUT2D eigenvalue weighted by molar-refractivity contribution is -0.0935. The van der Waals surface area contributed by atoms with E-state index in [1.807, 2.05) is 6.92 Å². The SMILES string of the molecule is CC(O)[C@@H]1C[C@H](CCOS(C)(=O)=O)C1(C)C. The highest BCUT2D eigenvalue weighted by molar-refractivity contribution is 7.85. The number of aliphatic hydroxyl groups excluding tert-OH is 1. The van der Waals surface area contributed by atoms with Crippen LogP contribution in [0.5, 0.6) is 0 Å². The predicted molar refractivity (Wildman–Crippen MR) is 62.5 cm³/mol. The van der Waals surface area contributed by atoms with Crippen molar-refractivity contribution in [1.29, 1.82) is 0 Å². The van der Waals surface area contributed by atoms with Crippen molar-refractivity contribution in [3.63, 3.8) is 0 Å². The summed E-state index contributed by atoms with van der Waals surface area (Å²) >= 11 is 0. The molecule has 0 heterocycles. The first-order chi connectivity index (χ1) is 7.14.